The highest BCUT2D eigenvalue weighted by atomic mass is 16.5. The predicted octanol–water partition coefficient (Wildman–Crippen LogP) is 14.0. The number of nitrogens with one attached hydrogen (secondary N) is 4. The molecule has 4 N–H and O–H groups in total. The van der Waals surface area contributed by atoms with Crippen molar-refractivity contribution in [3.05, 3.63) is 129 Å². The van der Waals surface area contributed by atoms with Crippen LogP contribution < -0.4 is 21.3 Å². The van der Waals surface area contributed by atoms with Gasteiger partial charge in [0.05, 0.1) is 37.2 Å². The number of carbonyl (C=O) groups is 4. The fraction of sp³-hybridized carbons (Fsp3) is 0.625. The summed E-state index contributed by atoms with van der Waals surface area (Å²) in [4.78, 5) is 52.2. The first kappa shape index (κ1) is 60.8. The Morgan fingerprint density at radius 2 is 1.20 bits per heavy atom. The Balaban J connectivity index is 0.000000128. The van der Waals surface area contributed by atoms with E-state index in [0.717, 1.165) is 87.1 Å². The quantitative estimate of drug-likeness (QED) is 0.0626. The molecule has 15 heteroatoms. The zero-order valence-electron chi connectivity index (χ0n) is 52.9. The highest BCUT2D eigenvalue weighted by Crippen LogP contribution is 2.62. The van der Waals surface area contributed by atoms with Crippen LogP contribution in [-0.2, 0) is 54.6 Å². The Labute approximate surface area is 516 Å². The van der Waals surface area contributed by atoms with E-state index in [2.05, 4.69) is 94.7 Å². The molecule has 5 aromatic rings. The summed E-state index contributed by atoms with van der Waals surface area (Å²) in [7, 11) is 0. The third-order valence-electron chi connectivity index (χ3n) is 22.1. The molecule has 3 aromatic heterocycles. The molecule has 2 aromatic carbocycles. The largest absolute Gasteiger partial charge is 0.466 e. The molecule has 9 aliphatic rings. The highest BCUT2D eigenvalue weighted by Gasteiger charge is 2.60. The molecule has 9 aliphatic carbocycles. The van der Waals surface area contributed by atoms with Crippen LogP contribution >= 0.6 is 0 Å². The molecule has 5 fully saturated rings. The molecule has 0 saturated heterocycles. The number of benzene rings is 2. The van der Waals surface area contributed by atoms with Crippen molar-refractivity contribution in [1.29, 1.82) is 0 Å². The molecule has 0 radical (unpaired) electrons. The Morgan fingerprint density at radius 1 is 0.621 bits per heavy atom. The van der Waals surface area contributed by atoms with Crippen LogP contribution in [0.5, 0.6) is 0 Å². The molecule has 3 heterocycles. The van der Waals surface area contributed by atoms with Gasteiger partial charge in [0.15, 0.2) is 17.2 Å². The van der Waals surface area contributed by atoms with Gasteiger partial charge >= 0.3 is 12.0 Å². The summed E-state index contributed by atoms with van der Waals surface area (Å²) in [6, 6.07) is 21.5. The smallest absolute Gasteiger partial charge is 0.320 e. The number of hydrogen-bond donors (Lipinski definition) is 4. The zero-order chi connectivity index (χ0) is 60.2. The average molecular weight is 1180 g/mol. The number of anilines is 1. The van der Waals surface area contributed by atoms with Crippen molar-refractivity contribution in [2.24, 2.45) is 34.5 Å². The monoisotopic (exact) mass is 1180 g/mol. The van der Waals surface area contributed by atoms with Crippen LogP contribution in [0.1, 0.15) is 253 Å². The van der Waals surface area contributed by atoms with Crippen LogP contribution in [-0.4, -0.2) is 71.8 Å². The van der Waals surface area contributed by atoms with E-state index < -0.39 is 0 Å². The van der Waals surface area contributed by atoms with Gasteiger partial charge in [0.25, 0.3) is 11.8 Å². The lowest BCUT2D eigenvalue weighted by Crippen LogP contribution is -2.53. The van der Waals surface area contributed by atoms with Crippen molar-refractivity contribution < 1.29 is 23.9 Å². The van der Waals surface area contributed by atoms with Crippen molar-refractivity contribution in [2.45, 2.75) is 245 Å². The minimum absolute atomic E-state index is 0.00147. The second-order valence-electron chi connectivity index (χ2n) is 28.1. The minimum atomic E-state index is -0.305. The van der Waals surface area contributed by atoms with Crippen molar-refractivity contribution >= 4 is 29.6 Å². The number of ether oxygens (including phenoxy) is 1. The first-order valence-corrected chi connectivity index (χ1v) is 34.2. The van der Waals surface area contributed by atoms with E-state index in [1.807, 2.05) is 48.0 Å². The number of urea groups is 1. The average Bonchev–Trinajstić information content (AvgIpc) is 1.61. The summed E-state index contributed by atoms with van der Waals surface area (Å²) >= 11 is 0. The van der Waals surface area contributed by atoms with E-state index in [9.17, 15) is 19.2 Å². The molecular weight excluding hydrogens is 1080 g/mol. The van der Waals surface area contributed by atoms with Crippen molar-refractivity contribution in [2.75, 3.05) is 11.9 Å². The summed E-state index contributed by atoms with van der Waals surface area (Å²) in [5, 5.41) is 27.6. The Morgan fingerprint density at radius 3 is 1.83 bits per heavy atom. The Hall–Kier alpha value is -6.51. The lowest BCUT2D eigenvalue weighted by atomic mass is 9.68. The Kier molecular flexibility index (Phi) is 18.6. The Bertz CT molecular complexity index is 3250. The molecule has 466 valence electrons. The number of aromatic nitrogens is 6. The number of rotatable bonds is 14. The highest BCUT2D eigenvalue weighted by molar-refractivity contribution is 5.95. The second-order valence-corrected chi connectivity index (χ2v) is 28.1. The summed E-state index contributed by atoms with van der Waals surface area (Å²) in [5.41, 5.74) is 11.5. The fourth-order valence-corrected chi connectivity index (χ4v) is 17.6. The van der Waals surface area contributed by atoms with E-state index in [-0.39, 0.29) is 70.5 Å². The molecule has 8 atom stereocenters. The maximum Gasteiger partial charge on any atom is 0.320 e. The van der Waals surface area contributed by atoms with Gasteiger partial charge in [0.1, 0.15) is 0 Å². The van der Waals surface area contributed by atoms with Crippen LogP contribution in [0.15, 0.2) is 72.8 Å². The van der Waals surface area contributed by atoms with Gasteiger partial charge in [-0.15, -0.1) is 0 Å². The first-order valence-electron chi connectivity index (χ1n) is 34.2. The van der Waals surface area contributed by atoms with E-state index in [0.29, 0.717) is 36.6 Å². The second kappa shape index (κ2) is 26.7. The van der Waals surface area contributed by atoms with Gasteiger partial charge in [-0.25, -0.2) is 4.79 Å². The number of carbonyl (C=O) groups excluding carboxylic acids is 4. The molecule has 15 nitrogen and oxygen atoms in total. The van der Waals surface area contributed by atoms with Gasteiger partial charge < -0.3 is 20.7 Å². The van der Waals surface area contributed by atoms with Gasteiger partial charge in [-0.2, -0.15) is 15.3 Å². The molecule has 5 unspecified atom stereocenters. The number of fused-ring (bicyclic) bond motifs is 7. The molecule has 4 bridgehead atoms. The molecule has 4 amide bonds. The molecule has 5 saturated carbocycles. The molecule has 0 spiro atoms. The van der Waals surface area contributed by atoms with Gasteiger partial charge in [0, 0.05) is 45.9 Å². The maximum atomic E-state index is 13.4. The summed E-state index contributed by atoms with van der Waals surface area (Å²) in [6.07, 6.45) is 35.6. The van der Waals surface area contributed by atoms with Crippen LogP contribution in [0.3, 0.4) is 0 Å². The van der Waals surface area contributed by atoms with Crippen LogP contribution in [0.4, 0.5) is 10.6 Å². The lowest BCUT2D eigenvalue weighted by Gasteiger charge is -2.43. The zero-order valence-corrected chi connectivity index (χ0v) is 52.9. The summed E-state index contributed by atoms with van der Waals surface area (Å²) < 4.78 is 11.9. The van der Waals surface area contributed by atoms with Gasteiger partial charge in [0.2, 0.25) is 0 Å². The predicted molar refractivity (Wildman–Crippen MR) is 341 cm³/mol. The fourth-order valence-electron chi connectivity index (χ4n) is 17.6. The molecule has 14 rings (SSSR count). The standard InChI is InChI=1S/C25H29N3O3.C24H38N4O.C23H31N3O/c1-2-31-25(30)21-17-12-13-18(14-17)22(21)26-24(29)23-19-10-6-7-11-20(19)28(27-23)15-16-8-4-3-5-9-16;1-23(2)16-13-14-24(3,15-16)21(23)26-22(29)25-20-18-11-7-8-12-19(18)28(27-20)17-9-5-4-6-10-17;1-2-20(17-11-5-3-6-12-17)24-23(27)22-19-15-9-10-16-21(19)26(25-22)18-13-7-4-8-14-18/h3-5,8-9,12-13,17-18,21-22H,2,6-7,10-11,14-15H2,1H3,(H,26,29);16-17,21H,4-15H2,1-3H3,(H2,25,26,27,29);3,5-6,11-12,18,20H,2,4,7-10,13-16H2,1H3,(H,24,27)/t17?,18?,21-,22+;;20-/m1.1/s1. The topological polar surface area (TPSA) is 179 Å². The summed E-state index contributed by atoms with van der Waals surface area (Å²) in [5.74, 6) is 1.22. The normalized spacial score (nSPS) is 26.2. The molecule has 87 heavy (non-hydrogen) atoms. The van der Waals surface area contributed by atoms with Crippen LogP contribution in [0.2, 0.25) is 0 Å². The van der Waals surface area contributed by atoms with Crippen LogP contribution in [0.25, 0.3) is 0 Å². The third kappa shape index (κ3) is 12.7. The number of nitrogens with zero attached hydrogens (tertiary/aromatic N) is 6. The number of esters is 1. The van der Waals surface area contributed by atoms with Crippen LogP contribution in [0, 0.1) is 34.5 Å². The SMILES string of the molecule is CC12CCC(C1)C(C)(C)C2NC(=O)Nc1nn(C2CCCCC2)c2c1CCCC2.CCOC(=O)[C@@H]1C2C=CC(C2)[C@@H]1NC(=O)c1nn(Cc2ccccc2)c2c1CCCC2.CC[C@@H](NC(=O)c1nn(C2CCCCC2)c2c1CCCC2)c1ccccc1. The van der Waals surface area contributed by atoms with Crippen molar-refractivity contribution in [1.82, 2.24) is 45.3 Å². The molecular formula is C72H98N10O5. The van der Waals surface area contributed by atoms with E-state index in [1.54, 1.807) is 0 Å². The minimum Gasteiger partial charge on any atom is -0.466 e. The van der Waals surface area contributed by atoms with E-state index in [4.69, 9.17) is 20.0 Å². The lowest BCUT2D eigenvalue weighted by molar-refractivity contribution is -0.149. The number of hydrogen-bond acceptors (Lipinski definition) is 8. The van der Waals surface area contributed by atoms with Gasteiger partial charge in [-0.05, 0) is 181 Å². The number of amides is 4. The summed E-state index contributed by atoms with van der Waals surface area (Å²) in [6.45, 7) is 12.0. The molecule has 0 aliphatic heterocycles. The third-order valence-corrected chi connectivity index (χ3v) is 22.1. The van der Waals surface area contributed by atoms with Gasteiger partial charge in [-0.3, -0.25) is 33.7 Å². The van der Waals surface area contributed by atoms with Gasteiger partial charge in [-0.1, -0.05) is 139 Å². The first-order chi connectivity index (χ1) is 42.3. The maximum absolute atomic E-state index is 13.4. The number of allylic oxidation sites excluding steroid dienone is 1. The van der Waals surface area contributed by atoms with Crippen molar-refractivity contribution in [3.8, 4) is 0 Å². The van der Waals surface area contributed by atoms with E-state index >= 15 is 0 Å². The van der Waals surface area contributed by atoms with Crippen molar-refractivity contribution in [3.63, 3.8) is 0 Å². The van der Waals surface area contributed by atoms with E-state index in [1.165, 1.54) is 143 Å².